The molecule has 4 rings (SSSR count). The van der Waals surface area contributed by atoms with Crippen LogP contribution in [0.1, 0.15) is 0 Å². The fourth-order valence-corrected chi connectivity index (χ4v) is 3.68. The molecule has 0 fully saturated rings. The van der Waals surface area contributed by atoms with E-state index in [2.05, 4.69) is 20.4 Å². The maximum Gasteiger partial charge on any atom is 0.292 e. The second-order valence-electron chi connectivity index (χ2n) is 7.43. The standard InChI is InChI=1S/C25H25N5O5/c1-32-19-9-8-17(13-18(19)14-6-5-7-16(26)10-14)27-29-23-22(28-30-25(23)31)15-11-20(33-2)24(35-4)21(12-15)34-3/h5-13H,26H2,1-4H3,(H2,28,30,31). The van der Waals surface area contributed by atoms with Crippen LogP contribution in [-0.4, -0.2) is 38.6 Å². The molecular formula is C25H25N5O5. The summed E-state index contributed by atoms with van der Waals surface area (Å²) in [5, 5.41) is 14.0. The average Bonchev–Trinajstić information content (AvgIpc) is 3.26. The number of nitrogens with one attached hydrogen (secondary N) is 2. The van der Waals surface area contributed by atoms with Gasteiger partial charge < -0.3 is 24.7 Å². The van der Waals surface area contributed by atoms with E-state index in [0.29, 0.717) is 45.6 Å². The Morgan fingerprint density at radius 2 is 1.46 bits per heavy atom. The number of aromatic amines is 2. The molecule has 0 spiro atoms. The molecule has 3 aromatic carbocycles. The number of nitrogens with two attached hydrogens (primary N) is 1. The molecule has 0 unspecified atom stereocenters. The highest BCUT2D eigenvalue weighted by Crippen LogP contribution is 2.42. The zero-order valence-electron chi connectivity index (χ0n) is 19.7. The Bertz CT molecular complexity index is 1420. The number of methoxy groups -OCH3 is 4. The Hall–Kier alpha value is -4.73. The Kier molecular flexibility index (Phi) is 6.72. The number of hydrogen-bond acceptors (Lipinski definition) is 8. The van der Waals surface area contributed by atoms with Gasteiger partial charge in [0.2, 0.25) is 5.75 Å². The summed E-state index contributed by atoms with van der Waals surface area (Å²) < 4.78 is 21.7. The van der Waals surface area contributed by atoms with Crippen molar-refractivity contribution < 1.29 is 18.9 Å². The number of benzene rings is 3. The fourth-order valence-electron chi connectivity index (χ4n) is 3.68. The minimum absolute atomic E-state index is 0.0978. The van der Waals surface area contributed by atoms with Crippen LogP contribution in [0.2, 0.25) is 0 Å². The molecule has 0 bridgehead atoms. The first-order valence-corrected chi connectivity index (χ1v) is 10.6. The van der Waals surface area contributed by atoms with Crippen LogP contribution >= 0.6 is 0 Å². The number of nitrogen functional groups attached to an aromatic ring is 1. The molecule has 10 heteroatoms. The molecule has 1 heterocycles. The van der Waals surface area contributed by atoms with Gasteiger partial charge in [-0.1, -0.05) is 12.1 Å². The van der Waals surface area contributed by atoms with Crippen LogP contribution in [0.15, 0.2) is 69.6 Å². The van der Waals surface area contributed by atoms with Crippen LogP contribution in [0.5, 0.6) is 23.0 Å². The number of anilines is 1. The Balaban J connectivity index is 1.75. The lowest BCUT2D eigenvalue weighted by Gasteiger charge is -2.13. The molecule has 0 aliphatic carbocycles. The normalized spacial score (nSPS) is 11.0. The van der Waals surface area contributed by atoms with Gasteiger partial charge in [0.05, 0.1) is 39.8 Å². The monoisotopic (exact) mass is 475 g/mol. The summed E-state index contributed by atoms with van der Waals surface area (Å²) in [5.74, 6) is 1.97. The molecule has 35 heavy (non-hydrogen) atoms. The van der Waals surface area contributed by atoms with Crippen LogP contribution in [0.25, 0.3) is 22.4 Å². The van der Waals surface area contributed by atoms with Gasteiger partial charge in [-0.25, -0.2) is 0 Å². The van der Waals surface area contributed by atoms with Gasteiger partial charge in [-0.15, -0.1) is 5.11 Å². The van der Waals surface area contributed by atoms with Crippen LogP contribution in [0.4, 0.5) is 17.1 Å². The molecule has 0 atom stereocenters. The first kappa shape index (κ1) is 23.4. The first-order valence-electron chi connectivity index (χ1n) is 10.6. The van der Waals surface area contributed by atoms with Crippen molar-refractivity contribution in [2.24, 2.45) is 10.2 Å². The number of aromatic nitrogens is 2. The Morgan fingerprint density at radius 1 is 0.743 bits per heavy atom. The van der Waals surface area contributed by atoms with Crippen molar-refractivity contribution >= 4 is 17.1 Å². The summed E-state index contributed by atoms with van der Waals surface area (Å²) in [5.41, 5.74) is 9.46. The minimum atomic E-state index is -0.429. The van der Waals surface area contributed by atoms with Gasteiger partial charge in [0.1, 0.15) is 5.75 Å². The van der Waals surface area contributed by atoms with Crippen LogP contribution in [-0.2, 0) is 0 Å². The molecule has 0 aliphatic rings. The molecule has 0 saturated heterocycles. The van der Waals surface area contributed by atoms with Crippen molar-refractivity contribution in [3.63, 3.8) is 0 Å². The maximum atomic E-state index is 12.5. The second kappa shape index (κ2) is 10.0. The van der Waals surface area contributed by atoms with Crippen molar-refractivity contribution in [1.29, 1.82) is 0 Å². The number of rotatable bonds is 8. The van der Waals surface area contributed by atoms with Crippen LogP contribution in [0, 0.1) is 0 Å². The summed E-state index contributed by atoms with van der Waals surface area (Å²) in [6.45, 7) is 0. The van der Waals surface area contributed by atoms with Crippen molar-refractivity contribution in [2.75, 3.05) is 34.2 Å². The van der Waals surface area contributed by atoms with Crippen molar-refractivity contribution in [1.82, 2.24) is 10.2 Å². The lowest BCUT2D eigenvalue weighted by molar-refractivity contribution is 0.324. The Morgan fingerprint density at radius 3 is 2.09 bits per heavy atom. The van der Waals surface area contributed by atoms with Gasteiger partial charge in [0.25, 0.3) is 5.56 Å². The largest absolute Gasteiger partial charge is 0.496 e. The van der Waals surface area contributed by atoms with E-state index in [0.717, 1.165) is 11.1 Å². The third kappa shape index (κ3) is 4.67. The predicted octanol–water partition coefficient (Wildman–Crippen LogP) is 5.07. The van der Waals surface area contributed by atoms with E-state index >= 15 is 0 Å². The highest BCUT2D eigenvalue weighted by atomic mass is 16.5. The molecule has 0 saturated carbocycles. The van der Waals surface area contributed by atoms with Crippen molar-refractivity contribution in [2.45, 2.75) is 0 Å². The molecule has 4 N–H and O–H groups in total. The highest BCUT2D eigenvalue weighted by molar-refractivity contribution is 5.77. The predicted molar refractivity (Wildman–Crippen MR) is 134 cm³/mol. The highest BCUT2D eigenvalue weighted by Gasteiger charge is 2.19. The number of H-pyrrole nitrogens is 2. The number of nitrogens with zero attached hydrogens (tertiary/aromatic N) is 2. The van der Waals surface area contributed by atoms with Crippen molar-refractivity contribution in [3.05, 3.63) is 65.0 Å². The summed E-state index contributed by atoms with van der Waals surface area (Å²) in [4.78, 5) is 12.5. The van der Waals surface area contributed by atoms with Gasteiger partial charge >= 0.3 is 0 Å². The molecule has 0 radical (unpaired) electrons. The summed E-state index contributed by atoms with van der Waals surface area (Å²) in [7, 11) is 6.15. The van der Waals surface area contributed by atoms with Gasteiger partial charge in [0.15, 0.2) is 17.2 Å². The van der Waals surface area contributed by atoms with Crippen LogP contribution < -0.4 is 30.2 Å². The zero-order chi connectivity index (χ0) is 24.9. The van der Waals surface area contributed by atoms with E-state index in [1.807, 2.05) is 30.3 Å². The van der Waals surface area contributed by atoms with Gasteiger partial charge in [-0.2, -0.15) is 5.11 Å². The number of hydrogen-bond donors (Lipinski definition) is 3. The number of ether oxygens (including phenoxy) is 4. The second-order valence-corrected chi connectivity index (χ2v) is 7.43. The third-order valence-corrected chi connectivity index (χ3v) is 5.35. The minimum Gasteiger partial charge on any atom is -0.496 e. The van der Waals surface area contributed by atoms with E-state index < -0.39 is 5.56 Å². The summed E-state index contributed by atoms with van der Waals surface area (Å²) in [6, 6.07) is 16.2. The molecule has 0 aliphatic heterocycles. The van der Waals surface area contributed by atoms with E-state index in [1.54, 1.807) is 31.4 Å². The van der Waals surface area contributed by atoms with E-state index in [9.17, 15) is 4.79 Å². The molecular weight excluding hydrogens is 450 g/mol. The zero-order valence-corrected chi connectivity index (χ0v) is 19.7. The summed E-state index contributed by atoms with van der Waals surface area (Å²) in [6.07, 6.45) is 0. The lowest BCUT2D eigenvalue weighted by Crippen LogP contribution is -1.97. The quantitative estimate of drug-likeness (QED) is 0.240. The lowest BCUT2D eigenvalue weighted by atomic mass is 10.0. The molecule has 180 valence electrons. The molecule has 4 aromatic rings. The topological polar surface area (TPSA) is 136 Å². The molecule has 0 amide bonds. The first-order chi connectivity index (χ1) is 17.0. The summed E-state index contributed by atoms with van der Waals surface area (Å²) >= 11 is 0. The smallest absolute Gasteiger partial charge is 0.292 e. The molecule has 10 nitrogen and oxygen atoms in total. The van der Waals surface area contributed by atoms with E-state index in [-0.39, 0.29) is 5.69 Å². The van der Waals surface area contributed by atoms with Gasteiger partial charge in [-0.3, -0.25) is 15.0 Å². The average molecular weight is 476 g/mol. The van der Waals surface area contributed by atoms with E-state index in [4.69, 9.17) is 24.7 Å². The Labute approximate surface area is 201 Å². The van der Waals surface area contributed by atoms with Crippen molar-refractivity contribution in [3.8, 4) is 45.4 Å². The third-order valence-electron chi connectivity index (χ3n) is 5.35. The van der Waals surface area contributed by atoms with Gasteiger partial charge in [0, 0.05) is 16.8 Å². The number of azo groups is 1. The maximum absolute atomic E-state index is 12.5. The van der Waals surface area contributed by atoms with E-state index in [1.165, 1.54) is 21.3 Å². The fraction of sp³-hybridized carbons (Fsp3) is 0.160. The van der Waals surface area contributed by atoms with Crippen LogP contribution in [0.3, 0.4) is 0 Å². The molecule has 1 aromatic heterocycles. The van der Waals surface area contributed by atoms with Gasteiger partial charge in [-0.05, 0) is 48.0 Å². The SMILES string of the molecule is COc1ccc(N=Nc2c(-c3cc(OC)c(OC)c(OC)c3)[nH][nH]c2=O)cc1-c1cccc(N)c1.